The molecule has 0 fully saturated rings. The first-order valence-electron chi connectivity index (χ1n) is 9.33. The minimum atomic E-state index is -5.01. The van der Waals surface area contributed by atoms with E-state index in [0.29, 0.717) is 18.0 Å². The number of hydrogen-bond acceptors (Lipinski definition) is 8. The Labute approximate surface area is 178 Å². The van der Waals surface area contributed by atoms with Gasteiger partial charge in [0.05, 0.1) is 34.0 Å². The Kier molecular flexibility index (Phi) is 5.00. The molecule has 0 amide bonds. The van der Waals surface area contributed by atoms with Gasteiger partial charge in [-0.15, -0.1) is 0 Å². The number of ketones is 2. The van der Waals surface area contributed by atoms with Crippen LogP contribution in [0.25, 0.3) is 0 Å². The number of nitrogen functional groups attached to an aromatic ring is 1. The fraction of sp³-hybridized carbons (Fsp3) is 0.0909. The van der Waals surface area contributed by atoms with Gasteiger partial charge in [0.25, 0.3) is 0 Å². The summed E-state index contributed by atoms with van der Waals surface area (Å²) in [4.78, 5) is 25.6. The predicted octanol–water partition coefficient (Wildman–Crippen LogP) is 3.09. The summed E-state index contributed by atoms with van der Waals surface area (Å²) in [6.07, 6.45) is 0. The van der Waals surface area contributed by atoms with Gasteiger partial charge < -0.3 is 20.3 Å². The fourth-order valence-electron chi connectivity index (χ4n) is 3.56. The van der Waals surface area contributed by atoms with Crippen molar-refractivity contribution in [1.29, 1.82) is 0 Å². The second-order valence-corrected chi connectivity index (χ2v) is 8.17. The molecule has 0 atom stereocenters. The molecule has 9 heteroatoms. The summed E-state index contributed by atoms with van der Waals surface area (Å²) in [6.45, 7) is 2.33. The second kappa shape index (κ2) is 7.53. The highest BCUT2D eigenvalue weighted by atomic mass is 32.2. The molecule has 3 N–H and O–H groups in total. The van der Waals surface area contributed by atoms with Crippen LogP contribution in [0.5, 0.6) is 5.75 Å². The molecule has 1 aliphatic carbocycles. The molecule has 0 spiro atoms. The lowest BCUT2D eigenvalue weighted by Gasteiger charge is -2.25. The van der Waals surface area contributed by atoms with E-state index in [1.165, 1.54) is 12.1 Å². The van der Waals surface area contributed by atoms with Gasteiger partial charge in [0.15, 0.2) is 11.6 Å². The molecule has 0 unspecified atom stereocenters. The Morgan fingerprint density at radius 3 is 2.10 bits per heavy atom. The van der Waals surface area contributed by atoms with Crippen molar-refractivity contribution in [2.75, 3.05) is 17.7 Å². The topological polar surface area (TPSA) is 139 Å². The number of benzene rings is 3. The number of hydrogen-bond donors (Lipinski definition) is 2. The average Bonchev–Trinajstić information content (AvgIpc) is 2.73. The molecule has 0 bridgehead atoms. The van der Waals surface area contributed by atoms with Gasteiger partial charge in [-0.2, -0.15) is 0 Å². The number of fused-ring (bicyclic) bond motifs is 2. The highest BCUT2D eigenvalue weighted by Crippen LogP contribution is 2.40. The van der Waals surface area contributed by atoms with Gasteiger partial charge in [-0.3, -0.25) is 9.59 Å². The molecule has 31 heavy (non-hydrogen) atoms. The molecule has 8 nitrogen and oxygen atoms in total. The molecule has 4 rings (SSSR count). The molecule has 0 aliphatic heterocycles. The van der Waals surface area contributed by atoms with Crippen LogP contribution in [0.1, 0.15) is 38.8 Å². The fourth-order valence-corrected chi connectivity index (χ4v) is 4.19. The maximum absolute atomic E-state index is 13.2. The average molecular weight is 437 g/mol. The van der Waals surface area contributed by atoms with E-state index in [0.717, 1.165) is 6.07 Å². The Bertz CT molecular complexity index is 1330. The SMILES string of the molecule is CCOc1ccc(Nc2cc(S(=O)(=O)[O-])c(N)c3c2C(=O)c2ccccc2C3=O)cc1. The minimum absolute atomic E-state index is 0.00404. The Morgan fingerprint density at radius 2 is 1.55 bits per heavy atom. The minimum Gasteiger partial charge on any atom is -0.744 e. The third-order valence-corrected chi connectivity index (χ3v) is 5.79. The molecule has 0 saturated carbocycles. The van der Waals surface area contributed by atoms with Crippen molar-refractivity contribution >= 4 is 38.7 Å². The summed E-state index contributed by atoms with van der Waals surface area (Å²) in [6, 6.07) is 13.8. The van der Waals surface area contributed by atoms with Crippen LogP contribution in [-0.2, 0) is 10.1 Å². The molecular formula is C22H17N2O6S-. The number of carbonyl (C=O) groups excluding carboxylic acids is 2. The summed E-state index contributed by atoms with van der Waals surface area (Å²) in [5.74, 6) is -0.501. The zero-order valence-corrected chi connectivity index (χ0v) is 17.2. The van der Waals surface area contributed by atoms with Crippen LogP contribution >= 0.6 is 0 Å². The van der Waals surface area contributed by atoms with Crippen molar-refractivity contribution in [1.82, 2.24) is 0 Å². The molecule has 3 aromatic carbocycles. The monoisotopic (exact) mass is 437 g/mol. The van der Waals surface area contributed by atoms with Crippen LogP contribution in [0.3, 0.4) is 0 Å². The van der Waals surface area contributed by atoms with Crippen LogP contribution in [0.15, 0.2) is 59.5 Å². The predicted molar refractivity (Wildman–Crippen MR) is 113 cm³/mol. The first kappa shape index (κ1) is 20.6. The van der Waals surface area contributed by atoms with Gasteiger partial charge in [0, 0.05) is 16.8 Å². The number of nitrogens with one attached hydrogen (secondary N) is 1. The molecule has 158 valence electrons. The van der Waals surface area contributed by atoms with Gasteiger partial charge in [0.2, 0.25) is 0 Å². The van der Waals surface area contributed by atoms with Crippen molar-refractivity contribution < 1.29 is 27.3 Å². The summed E-state index contributed by atoms with van der Waals surface area (Å²) < 4.78 is 40.8. The maximum Gasteiger partial charge on any atom is 0.196 e. The Balaban J connectivity index is 1.93. The first-order chi connectivity index (χ1) is 14.7. The molecule has 0 heterocycles. The molecular weight excluding hydrogens is 420 g/mol. The van der Waals surface area contributed by atoms with Crippen LogP contribution in [0, 0.1) is 0 Å². The lowest BCUT2D eigenvalue weighted by atomic mass is 9.82. The number of carbonyl (C=O) groups is 2. The second-order valence-electron chi connectivity index (χ2n) is 6.83. The smallest absolute Gasteiger partial charge is 0.196 e. The van der Waals surface area contributed by atoms with Crippen molar-refractivity contribution in [3.63, 3.8) is 0 Å². The summed E-state index contributed by atoms with van der Waals surface area (Å²) in [7, 11) is -5.01. The van der Waals surface area contributed by atoms with Crippen molar-refractivity contribution in [2.45, 2.75) is 11.8 Å². The van der Waals surface area contributed by atoms with Crippen LogP contribution < -0.4 is 15.8 Å². The van der Waals surface area contributed by atoms with Crippen LogP contribution in [0.4, 0.5) is 17.1 Å². The number of ether oxygens (including phenoxy) is 1. The van der Waals surface area contributed by atoms with E-state index in [9.17, 15) is 22.6 Å². The molecule has 1 aliphatic rings. The highest BCUT2D eigenvalue weighted by molar-refractivity contribution is 7.86. The largest absolute Gasteiger partial charge is 0.744 e. The van der Waals surface area contributed by atoms with E-state index in [1.807, 2.05) is 6.92 Å². The zero-order chi connectivity index (χ0) is 22.3. The van der Waals surface area contributed by atoms with Crippen molar-refractivity contribution in [3.8, 4) is 5.75 Å². The summed E-state index contributed by atoms with van der Waals surface area (Å²) in [5.41, 5.74) is 5.76. The summed E-state index contributed by atoms with van der Waals surface area (Å²) >= 11 is 0. The lowest BCUT2D eigenvalue weighted by molar-refractivity contribution is 0.0980. The Hall–Kier alpha value is -3.69. The van der Waals surface area contributed by atoms with Crippen molar-refractivity contribution in [3.05, 3.63) is 76.9 Å². The third kappa shape index (κ3) is 3.54. The van der Waals surface area contributed by atoms with Gasteiger partial charge in [-0.1, -0.05) is 24.3 Å². The van der Waals surface area contributed by atoms with E-state index in [-0.39, 0.29) is 27.9 Å². The number of nitrogens with two attached hydrogens (primary N) is 1. The van der Waals surface area contributed by atoms with E-state index in [2.05, 4.69) is 5.32 Å². The van der Waals surface area contributed by atoms with E-state index in [4.69, 9.17) is 10.5 Å². The number of rotatable bonds is 5. The van der Waals surface area contributed by atoms with Gasteiger partial charge >= 0.3 is 0 Å². The quantitative estimate of drug-likeness (QED) is 0.359. The molecule has 0 aromatic heterocycles. The summed E-state index contributed by atoms with van der Waals surface area (Å²) in [5, 5.41) is 2.94. The third-order valence-electron chi connectivity index (χ3n) is 4.91. The number of anilines is 3. The zero-order valence-electron chi connectivity index (χ0n) is 16.3. The van der Waals surface area contributed by atoms with Crippen LogP contribution in [-0.4, -0.2) is 31.1 Å². The standard InChI is InChI=1S/C22H18N2O6S/c1-2-30-13-9-7-12(8-10-13)24-16-11-17(31(27,28)29)20(23)19-18(16)21(25)14-5-3-4-6-15(14)22(19)26/h3-11,24H,2,23H2,1H3,(H,27,28,29)/p-1. The molecule has 0 radical (unpaired) electrons. The molecule has 0 saturated heterocycles. The van der Waals surface area contributed by atoms with Gasteiger partial charge in [0.1, 0.15) is 15.9 Å². The highest BCUT2D eigenvalue weighted by Gasteiger charge is 2.35. The van der Waals surface area contributed by atoms with Crippen LogP contribution in [0.2, 0.25) is 0 Å². The Morgan fingerprint density at radius 1 is 0.968 bits per heavy atom. The van der Waals surface area contributed by atoms with E-state index in [1.54, 1.807) is 36.4 Å². The lowest BCUT2D eigenvalue weighted by Crippen LogP contribution is -2.25. The van der Waals surface area contributed by atoms with Crippen molar-refractivity contribution in [2.24, 2.45) is 0 Å². The maximum atomic E-state index is 13.2. The first-order valence-corrected chi connectivity index (χ1v) is 10.7. The normalized spacial score (nSPS) is 12.8. The van der Waals surface area contributed by atoms with Gasteiger partial charge in [-0.25, -0.2) is 8.42 Å². The van der Waals surface area contributed by atoms with E-state index >= 15 is 0 Å². The van der Waals surface area contributed by atoms with E-state index < -0.39 is 32.3 Å². The van der Waals surface area contributed by atoms with Gasteiger partial charge in [-0.05, 0) is 37.3 Å². The molecule has 3 aromatic rings.